The highest BCUT2D eigenvalue weighted by Gasteiger charge is 2.30. The maximum Gasteiger partial charge on any atom is 0.257 e. The Morgan fingerprint density at radius 3 is 2.57 bits per heavy atom. The maximum atomic E-state index is 13.8. The van der Waals surface area contributed by atoms with E-state index in [0.29, 0.717) is 19.8 Å². The molecule has 2 aromatic rings. The van der Waals surface area contributed by atoms with Gasteiger partial charge in [0.1, 0.15) is 5.82 Å². The summed E-state index contributed by atoms with van der Waals surface area (Å²) in [7, 11) is 0. The fourth-order valence-electron chi connectivity index (χ4n) is 2.59. The van der Waals surface area contributed by atoms with E-state index >= 15 is 0 Å². The van der Waals surface area contributed by atoms with Crippen molar-refractivity contribution < 1.29 is 13.9 Å². The minimum atomic E-state index is -0.485. The van der Waals surface area contributed by atoms with Gasteiger partial charge >= 0.3 is 0 Å². The van der Waals surface area contributed by atoms with Gasteiger partial charge in [0.05, 0.1) is 24.8 Å². The standard InChI is InChI=1S/C17H16FNO2/c18-15-9-5-4-8-14(15)17(20)19-10-11-21-12-16(19)13-6-2-1-3-7-13/h1-9,16H,10-12H2. The Labute approximate surface area is 123 Å². The van der Waals surface area contributed by atoms with Crippen molar-refractivity contribution in [3.63, 3.8) is 0 Å². The molecule has 2 aromatic carbocycles. The van der Waals surface area contributed by atoms with Crippen LogP contribution in [0.1, 0.15) is 22.0 Å². The van der Waals surface area contributed by atoms with E-state index in [2.05, 4.69) is 0 Å². The average Bonchev–Trinajstić information content (AvgIpc) is 2.55. The Morgan fingerprint density at radius 2 is 1.81 bits per heavy atom. The fraction of sp³-hybridized carbons (Fsp3) is 0.235. The zero-order valence-electron chi connectivity index (χ0n) is 11.5. The van der Waals surface area contributed by atoms with Gasteiger partial charge in [-0.2, -0.15) is 0 Å². The smallest absolute Gasteiger partial charge is 0.257 e. The van der Waals surface area contributed by atoms with Crippen molar-refractivity contribution in [2.24, 2.45) is 0 Å². The van der Waals surface area contributed by atoms with Crippen LogP contribution >= 0.6 is 0 Å². The molecule has 0 spiro atoms. The molecular formula is C17H16FNO2. The Kier molecular flexibility index (Phi) is 3.97. The zero-order chi connectivity index (χ0) is 14.7. The molecule has 0 radical (unpaired) electrons. The molecular weight excluding hydrogens is 269 g/mol. The highest BCUT2D eigenvalue weighted by Crippen LogP contribution is 2.26. The molecule has 4 heteroatoms. The second-order valence-corrected chi connectivity index (χ2v) is 4.98. The summed E-state index contributed by atoms with van der Waals surface area (Å²) >= 11 is 0. The van der Waals surface area contributed by atoms with Crippen molar-refractivity contribution in [1.82, 2.24) is 4.90 Å². The molecule has 0 aromatic heterocycles. The van der Waals surface area contributed by atoms with E-state index in [1.54, 1.807) is 17.0 Å². The van der Waals surface area contributed by atoms with Gasteiger partial charge in [-0.25, -0.2) is 4.39 Å². The summed E-state index contributed by atoms with van der Waals surface area (Å²) in [4.78, 5) is 14.3. The molecule has 0 saturated carbocycles. The van der Waals surface area contributed by atoms with Crippen LogP contribution in [-0.2, 0) is 4.74 Å². The van der Waals surface area contributed by atoms with Crippen molar-refractivity contribution in [1.29, 1.82) is 0 Å². The lowest BCUT2D eigenvalue weighted by atomic mass is 10.0. The number of rotatable bonds is 2. The lowest BCUT2D eigenvalue weighted by Crippen LogP contribution is -2.43. The molecule has 0 N–H and O–H groups in total. The molecule has 1 heterocycles. The molecule has 1 unspecified atom stereocenters. The monoisotopic (exact) mass is 285 g/mol. The van der Waals surface area contributed by atoms with E-state index in [0.717, 1.165) is 5.56 Å². The summed E-state index contributed by atoms with van der Waals surface area (Å²) in [5.74, 6) is -0.772. The number of ether oxygens (including phenoxy) is 1. The van der Waals surface area contributed by atoms with Crippen molar-refractivity contribution in [2.45, 2.75) is 6.04 Å². The Morgan fingerprint density at radius 1 is 1.10 bits per heavy atom. The summed E-state index contributed by atoms with van der Waals surface area (Å²) < 4.78 is 19.3. The SMILES string of the molecule is O=C(c1ccccc1F)N1CCOCC1c1ccccc1. The van der Waals surface area contributed by atoms with E-state index in [1.165, 1.54) is 12.1 Å². The first-order valence-corrected chi connectivity index (χ1v) is 6.95. The first-order valence-electron chi connectivity index (χ1n) is 6.95. The molecule has 3 rings (SSSR count). The quantitative estimate of drug-likeness (QED) is 0.849. The molecule has 1 saturated heterocycles. The Balaban J connectivity index is 1.91. The molecule has 21 heavy (non-hydrogen) atoms. The van der Waals surface area contributed by atoms with Crippen molar-refractivity contribution in [3.8, 4) is 0 Å². The molecule has 1 amide bonds. The van der Waals surface area contributed by atoms with E-state index < -0.39 is 5.82 Å². The minimum Gasteiger partial charge on any atom is -0.377 e. The largest absolute Gasteiger partial charge is 0.377 e. The summed E-state index contributed by atoms with van der Waals surface area (Å²) in [6.07, 6.45) is 0. The van der Waals surface area contributed by atoms with Gasteiger partial charge in [-0.1, -0.05) is 42.5 Å². The summed E-state index contributed by atoms with van der Waals surface area (Å²) in [6, 6.07) is 15.6. The van der Waals surface area contributed by atoms with Crippen LogP contribution in [0.3, 0.4) is 0 Å². The first-order chi connectivity index (χ1) is 10.3. The summed E-state index contributed by atoms with van der Waals surface area (Å²) in [5.41, 5.74) is 1.11. The van der Waals surface area contributed by atoms with Crippen LogP contribution in [0.2, 0.25) is 0 Å². The Hall–Kier alpha value is -2.20. The van der Waals surface area contributed by atoms with Gasteiger partial charge in [0.25, 0.3) is 5.91 Å². The van der Waals surface area contributed by atoms with Crippen molar-refractivity contribution in [3.05, 3.63) is 71.5 Å². The number of nitrogens with zero attached hydrogens (tertiary/aromatic N) is 1. The van der Waals surface area contributed by atoms with Crippen LogP contribution in [-0.4, -0.2) is 30.6 Å². The lowest BCUT2D eigenvalue weighted by molar-refractivity contribution is -0.00293. The number of benzene rings is 2. The van der Waals surface area contributed by atoms with Crippen LogP contribution in [0.4, 0.5) is 4.39 Å². The van der Waals surface area contributed by atoms with E-state index in [-0.39, 0.29) is 17.5 Å². The van der Waals surface area contributed by atoms with Gasteiger partial charge in [-0.3, -0.25) is 4.79 Å². The molecule has 3 nitrogen and oxygen atoms in total. The molecule has 0 aliphatic carbocycles. The fourth-order valence-corrected chi connectivity index (χ4v) is 2.59. The third-order valence-electron chi connectivity index (χ3n) is 3.68. The molecule has 0 bridgehead atoms. The summed E-state index contributed by atoms with van der Waals surface area (Å²) in [6.45, 7) is 1.38. The highest BCUT2D eigenvalue weighted by molar-refractivity contribution is 5.94. The van der Waals surface area contributed by atoms with E-state index in [1.807, 2.05) is 30.3 Å². The minimum absolute atomic E-state index is 0.111. The molecule has 1 aliphatic rings. The predicted octanol–water partition coefficient (Wildman–Crippen LogP) is 3.04. The van der Waals surface area contributed by atoms with Gasteiger partial charge in [0, 0.05) is 6.54 Å². The van der Waals surface area contributed by atoms with Gasteiger partial charge in [0.15, 0.2) is 0 Å². The first kappa shape index (κ1) is 13.8. The second-order valence-electron chi connectivity index (χ2n) is 4.98. The third-order valence-corrected chi connectivity index (χ3v) is 3.68. The van der Waals surface area contributed by atoms with Crippen LogP contribution in [0.15, 0.2) is 54.6 Å². The number of hydrogen-bond donors (Lipinski definition) is 0. The zero-order valence-corrected chi connectivity index (χ0v) is 11.5. The second kappa shape index (κ2) is 6.06. The number of morpholine rings is 1. The topological polar surface area (TPSA) is 29.5 Å². The number of halogens is 1. The van der Waals surface area contributed by atoms with Crippen molar-refractivity contribution in [2.75, 3.05) is 19.8 Å². The van der Waals surface area contributed by atoms with Crippen LogP contribution < -0.4 is 0 Å². The lowest BCUT2D eigenvalue weighted by Gasteiger charge is -2.36. The molecule has 1 atom stereocenters. The number of carbonyl (C=O) groups is 1. The predicted molar refractivity (Wildman–Crippen MR) is 77.4 cm³/mol. The van der Waals surface area contributed by atoms with Crippen molar-refractivity contribution >= 4 is 5.91 Å². The molecule has 1 fully saturated rings. The number of amides is 1. The normalized spacial score (nSPS) is 18.5. The maximum absolute atomic E-state index is 13.8. The average molecular weight is 285 g/mol. The Bertz CT molecular complexity index is 630. The van der Waals surface area contributed by atoms with E-state index in [9.17, 15) is 9.18 Å². The van der Waals surface area contributed by atoms with Gasteiger partial charge < -0.3 is 9.64 Å². The van der Waals surface area contributed by atoms with Gasteiger partial charge in [-0.05, 0) is 17.7 Å². The summed E-state index contributed by atoms with van der Waals surface area (Å²) in [5, 5.41) is 0. The van der Waals surface area contributed by atoms with E-state index in [4.69, 9.17) is 4.74 Å². The molecule has 1 aliphatic heterocycles. The highest BCUT2D eigenvalue weighted by atomic mass is 19.1. The van der Waals surface area contributed by atoms with Gasteiger partial charge in [-0.15, -0.1) is 0 Å². The molecule has 108 valence electrons. The van der Waals surface area contributed by atoms with Crippen LogP contribution in [0, 0.1) is 5.82 Å². The van der Waals surface area contributed by atoms with Gasteiger partial charge in [0.2, 0.25) is 0 Å². The number of hydrogen-bond acceptors (Lipinski definition) is 2. The number of carbonyl (C=O) groups excluding carboxylic acids is 1. The van der Waals surface area contributed by atoms with Crippen LogP contribution in [0.5, 0.6) is 0 Å². The van der Waals surface area contributed by atoms with Crippen LogP contribution in [0.25, 0.3) is 0 Å². The third kappa shape index (κ3) is 2.81.